The normalized spacial score (nSPS) is 12.3. The molecule has 0 aromatic carbocycles. The number of rotatable bonds is 59. The standard InChI is InChI=1S/C66H128/c1-4-7-10-13-16-19-22-25-28-31-34-36-38-41-44-47-50-53-56-59-62-65-66(63-60-57-54-51-48-45-42-39-33-30-27-24-21-18-15-12-9-6-3)64-61-58-55-52-49-46-43-40-37-35-32-29-26-23-20-17-14-11-8-5-2/h60-61,63-65H,4-59,62H2,1-3H3. The van der Waals surface area contributed by atoms with Gasteiger partial charge in [0.1, 0.15) is 0 Å². The molecule has 0 aromatic rings. The SMILES string of the molecule is CCCCCCCCCCCCCCCCCCC=CC(C=CCCCCCCCCCCCCCCCCCCCC)=CCCCCCCCCCCCCCCCCCCCCCC. The van der Waals surface area contributed by atoms with E-state index in [-0.39, 0.29) is 0 Å². The maximum absolute atomic E-state index is 2.56. The van der Waals surface area contributed by atoms with E-state index in [1.807, 2.05) is 0 Å². The first-order valence-electron chi connectivity index (χ1n) is 31.9. The fourth-order valence-electron chi connectivity index (χ4n) is 10.3. The highest BCUT2D eigenvalue weighted by atomic mass is 14.1. The molecule has 0 saturated heterocycles. The van der Waals surface area contributed by atoms with E-state index in [9.17, 15) is 0 Å². The van der Waals surface area contributed by atoms with E-state index < -0.39 is 0 Å². The van der Waals surface area contributed by atoms with Crippen LogP contribution in [0.1, 0.15) is 387 Å². The molecule has 0 aromatic heterocycles. The fraction of sp³-hybridized carbons (Fsp3) is 0.909. The first kappa shape index (κ1) is 65.2. The van der Waals surface area contributed by atoms with Crippen molar-refractivity contribution < 1.29 is 0 Å². The maximum atomic E-state index is 2.56. The van der Waals surface area contributed by atoms with Gasteiger partial charge in [-0.15, -0.1) is 0 Å². The molecule has 392 valence electrons. The van der Waals surface area contributed by atoms with E-state index in [0.717, 1.165) is 0 Å². The Morgan fingerprint density at radius 2 is 0.333 bits per heavy atom. The van der Waals surface area contributed by atoms with E-state index in [0.29, 0.717) is 0 Å². The molecular weight excluding hydrogens is 793 g/mol. The number of hydrogen-bond donors (Lipinski definition) is 0. The average molecular weight is 922 g/mol. The van der Waals surface area contributed by atoms with Crippen molar-refractivity contribution in [2.75, 3.05) is 0 Å². The summed E-state index contributed by atoms with van der Waals surface area (Å²) >= 11 is 0. The molecule has 66 heavy (non-hydrogen) atoms. The van der Waals surface area contributed by atoms with E-state index >= 15 is 0 Å². The predicted molar refractivity (Wildman–Crippen MR) is 307 cm³/mol. The van der Waals surface area contributed by atoms with Crippen LogP contribution in [0, 0.1) is 0 Å². The van der Waals surface area contributed by atoms with Gasteiger partial charge in [-0.2, -0.15) is 0 Å². The summed E-state index contributed by atoms with van der Waals surface area (Å²) in [6.07, 6.45) is 94.7. The minimum atomic E-state index is 1.25. The zero-order valence-corrected chi connectivity index (χ0v) is 46.7. The fourth-order valence-corrected chi connectivity index (χ4v) is 10.3. The monoisotopic (exact) mass is 921 g/mol. The molecule has 0 heterocycles. The summed E-state index contributed by atoms with van der Waals surface area (Å²) in [6.45, 7) is 6.95. The molecule has 0 amide bonds. The predicted octanol–water partition coefficient (Wildman–Crippen LogP) is 25.3. The van der Waals surface area contributed by atoms with Crippen molar-refractivity contribution in [3.8, 4) is 0 Å². The van der Waals surface area contributed by atoms with E-state index in [1.165, 1.54) is 372 Å². The van der Waals surface area contributed by atoms with Gasteiger partial charge in [0.15, 0.2) is 0 Å². The van der Waals surface area contributed by atoms with Crippen LogP contribution in [0.25, 0.3) is 0 Å². The Balaban J connectivity index is 4.14. The third-order valence-electron chi connectivity index (χ3n) is 15.0. The smallest absolute Gasteiger partial charge is 0.0303 e. The van der Waals surface area contributed by atoms with E-state index in [4.69, 9.17) is 0 Å². The summed E-state index contributed by atoms with van der Waals surface area (Å²) in [6, 6.07) is 0. The second-order valence-electron chi connectivity index (χ2n) is 21.9. The van der Waals surface area contributed by atoms with Gasteiger partial charge in [-0.3, -0.25) is 0 Å². The number of hydrogen-bond acceptors (Lipinski definition) is 0. The van der Waals surface area contributed by atoms with Crippen LogP contribution in [0.4, 0.5) is 0 Å². The van der Waals surface area contributed by atoms with Crippen LogP contribution in [0.2, 0.25) is 0 Å². The van der Waals surface area contributed by atoms with Gasteiger partial charge in [0.2, 0.25) is 0 Å². The van der Waals surface area contributed by atoms with Crippen LogP contribution < -0.4 is 0 Å². The molecule has 0 heteroatoms. The molecule has 0 aliphatic carbocycles. The quantitative estimate of drug-likeness (QED) is 0.0421. The molecule has 0 atom stereocenters. The summed E-state index contributed by atoms with van der Waals surface area (Å²) in [4.78, 5) is 0. The van der Waals surface area contributed by atoms with Gasteiger partial charge >= 0.3 is 0 Å². The van der Waals surface area contributed by atoms with Gasteiger partial charge in [-0.05, 0) is 44.1 Å². The zero-order chi connectivity index (χ0) is 47.4. The molecule has 0 rings (SSSR count). The van der Waals surface area contributed by atoms with Crippen molar-refractivity contribution in [3.63, 3.8) is 0 Å². The molecule has 0 unspecified atom stereocenters. The lowest BCUT2D eigenvalue weighted by molar-refractivity contribution is 0.522. The summed E-state index contributed by atoms with van der Waals surface area (Å²) < 4.78 is 0. The van der Waals surface area contributed by atoms with Gasteiger partial charge in [-0.1, -0.05) is 379 Å². The first-order valence-corrected chi connectivity index (χ1v) is 31.9. The van der Waals surface area contributed by atoms with Crippen LogP contribution in [0.3, 0.4) is 0 Å². The highest BCUT2D eigenvalue weighted by Gasteiger charge is 1.99. The van der Waals surface area contributed by atoms with Crippen molar-refractivity contribution in [2.24, 2.45) is 0 Å². The molecular formula is C66H128. The minimum absolute atomic E-state index is 1.25. The molecule has 0 nitrogen and oxygen atoms in total. The first-order chi connectivity index (χ1) is 32.8. The van der Waals surface area contributed by atoms with Crippen LogP contribution in [0.5, 0.6) is 0 Å². The number of unbranched alkanes of at least 4 members (excludes halogenated alkanes) is 54. The third-order valence-corrected chi connectivity index (χ3v) is 15.0. The maximum Gasteiger partial charge on any atom is -0.0303 e. The lowest BCUT2D eigenvalue weighted by Gasteiger charge is -2.04. The lowest BCUT2D eigenvalue weighted by atomic mass is 10.0. The molecule has 0 spiro atoms. The molecule has 0 aliphatic rings. The second kappa shape index (κ2) is 62.2. The van der Waals surface area contributed by atoms with Crippen LogP contribution in [-0.2, 0) is 0 Å². The van der Waals surface area contributed by atoms with Crippen molar-refractivity contribution in [1.29, 1.82) is 0 Å². The molecule has 0 N–H and O–H groups in total. The highest BCUT2D eigenvalue weighted by molar-refractivity contribution is 5.30. The molecule has 0 radical (unpaired) electrons. The highest BCUT2D eigenvalue weighted by Crippen LogP contribution is 2.19. The Morgan fingerprint density at radius 1 is 0.182 bits per heavy atom. The Kier molecular flexibility index (Phi) is 61.5. The summed E-state index contributed by atoms with van der Waals surface area (Å²) in [5.41, 5.74) is 1.48. The molecule has 0 saturated carbocycles. The van der Waals surface area contributed by atoms with Crippen LogP contribution in [-0.4, -0.2) is 0 Å². The topological polar surface area (TPSA) is 0 Å². The molecule has 0 fully saturated rings. The Labute approximate surface area is 420 Å². The summed E-state index contributed by atoms with van der Waals surface area (Å²) in [5, 5.41) is 0. The van der Waals surface area contributed by atoms with Gasteiger partial charge < -0.3 is 0 Å². The number of allylic oxidation sites excluding steroid dienone is 6. The third kappa shape index (κ3) is 59.3. The average Bonchev–Trinajstić information content (AvgIpc) is 3.33. The van der Waals surface area contributed by atoms with Crippen LogP contribution in [0.15, 0.2) is 36.0 Å². The minimum Gasteiger partial charge on any atom is -0.0840 e. The summed E-state index contributed by atoms with van der Waals surface area (Å²) in [5.74, 6) is 0. The zero-order valence-electron chi connectivity index (χ0n) is 46.7. The molecule has 0 aliphatic heterocycles. The van der Waals surface area contributed by atoms with Crippen molar-refractivity contribution >= 4 is 0 Å². The lowest BCUT2D eigenvalue weighted by Crippen LogP contribution is -1.84. The van der Waals surface area contributed by atoms with Gasteiger partial charge in [0.05, 0.1) is 0 Å². The Hall–Kier alpha value is -0.780. The van der Waals surface area contributed by atoms with Crippen molar-refractivity contribution in [3.05, 3.63) is 36.0 Å². The van der Waals surface area contributed by atoms with Crippen molar-refractivity contribution in [2.45, 2.75) is 387 Å². The van der Waals surface area contributed by atoms with Gasteiger partial charge in [0, 0.05) is 0 Å². The second-order valence-corrected chi connectivity index (χ2v) is 21.9. The summed E-state index contributed by atoms with van der Waals surface area (Å²) in [7, 11) is 0. The van der Waals surface area contributed by atoms with Crippen molar-refractivity contribution in [1.82, 2.24) is 0 Å². The largest absolute Gasteiger partial charge is 0.0840 e. The Morgan fingerprint density at radius 3 is 0.515 bits per heavy atom. The van der Waals surface area contributed by atoms with Crippen LogP contribution >= 0.6 is 0 Å². The Bertz CT molecular complexity index is 920. The van der Waals surface area contributed by atoms with E-state index in [1.54, 1.807) is 0 Å². The van der Waals surface area contributed by atoms with Gasteiger partial charge in [0.25, 0.3) is 0 Å². The molecule has 0 bridgehead atoms. The van der Waals surface area contributed by atoms with Gasteiger partial charge in [-0.25, -0.2) is 0 Å². The van der Waals surface area contributed by atoms with E-state index in [2.05, 4.69) is 51.2 Å².